The van der Waals surface area contributed by atoms with Gasteiger partial charge >= 0.3 is 0 Å². The summed E-state index contributed by atoms with van der Waals surface area (Å²) in [6.07, 6.45) is 2.23. The fraction of sp³-hybridized carbons (Fsp3) is 0.167. The molecule has 0 saturated heterocycles. The van der Waals surface area contributed by atoms with Crippen molar-refractivity contribution in [1.82, 2.24) is 5.32 Å². The molecule has 4 N–H and O–H groups in total. The molecule has 0 fully saturated rings. The summed E-state index contributed by atoms with van der Waals surface area (Å²) in [5.74, 6) is -1.41. The summed E-state index contributed by atoms with van der Waals surface area (Å²) >= 11 is 0. The summed E-state index contributed by atoms with van der Waals surface area (Å²) in [5, 5.41) is 20.4. The Morgan fingerprint density at radius 1 is 1.62 bits per heavy atom. The molecule has 0 rings (SSSR count). The number of carbonyl (C=O) groups is 1. The van der Waals surface area contributed by atoms with Crippen molar-refractivity contribution in [3.05, 3.63) is 34.5 Å². The van der Waals surface area contributed by atoms with E-state index in [0.29, 0.717) is 6.20 Å². The lowest BCUT2D eigenvalue weighted by Crippen LogP contribution is -2.10. The fourth-order valence-corrected chi connectivity index (χ4v) is 0.346. The normalized spacial score (nSPS) is 10.6. The largest absolute Gasteiger partial charge is 0.490 e. The zero-order valence-electron chi connectivity index (χ0n) is 5.93. The Hall–Kier alpha value is -2.05. The summed E-state index contributed by atoms with van der Waals surface area (Å²) < 4.78 is 0. The number of hydrogen-bond acceptors (Lipinski definition) is 5. The van der Waals surface area contributed by atoms with E-state index in [9.17, 15) is 14.9 Å². The van der Waals surface area contributed by atoms with Crippen LogP contribution in [0.5, 0.6) is 0 Å². The molecule has 13 heavy (non-hydrogen) atoms. The van der Waals surface area contributed by atoms with Crippen LogP contribution in [-0.2, 0) is 4.79 Å². The summed E-state index contributed by atoms with van der Waals surface area (Å²) in [4.78, 5) is 18.9. The van der Waals surface area contributed by atoms with Gasteiger partial charge in [-0.05, 0) is 0 Å². The second kappa shape index (κ2) is 6.65. The second-order valence-electron chi connectivity index (χ2n) is 1.68. The molecule has 1 amide bonds. The number of primary amides is 1. The standard InChI is InChI=1S/C5H7N3O4.CH4/c6-4(9)1-2-7-5(10)3-8(11)12;/h1-3,7,10H,(H2,6,9);1H4/b2-1?,5-3-;. The van der Waals surface area contributed by atoms with Gasteiger partial charge in [-0.15, -0.1) is 0 Å². The Kier molecular flexibility index (Phi) is 6.92. The minimum atomic E-state index is -0.847. The molecule has 0 saturated carbocycles. The van der Waals surface area contributed by atoms with Crippen LogP contribution in [0.25, 0.3) is 0 Å². The Morgan fingerprint density at radius 3 is 2.54 bits per heavy atom. The molecular weight excluding hydrogens is 178 g/mol. The monoisotopic (exact) mass is 189 g/mol. The molecule has 0 aromatic heterocycles. The van der Waals surface area contributed by atoms with Gasteiger partial charge in [0.15, 0.2) is 0 Å². The van der Waals surface area contributed by atoms with Gasteiger partial charge in [-0.3, -0.25) is 14.9 Å². The first kappa shape index (κ1) is 13.5. The van der Waals surface area contributed by atoms with Gasteiger partial charge in [-0.2, -0.15) is 0 Å². The van der Waals surface area contributed by atoms with Crippen molar-refractivity contribution in [2.24, 2.45) is 5.73 Å². The van der Waals surface area contributed by atoms with Crippen LogP contribution in [0.1, 0.15) is 7.43 Å². The number of nitrogens with zero attached hydrogens (tertiary/aromatic N) is 1. The van der Waals surface area contributed by atoms with Crippen LogP contribution in [0.2, 0.25) is 0 Å². The third kappa shape index (κ3) is 9.95. The van der Waals surface area contributed by atoms with E-state index in [1.807, 2.05) is 5.32 Å². The van der Waals surface area contributed by atoms with Crippen LogP contribution in [0.15, 0.2) is 24.4 Å². The van der Waals surface area contributed by atoms with Gasteiger partial charge in [0.2, 0.25) is 5.91 Å². The van der Waals surface area contributed by atoms with E-state index in [0.717, 1.165) is 12.3 Å². The van der Waals surface area contributed by atoms with E-state index in [1.165, 1.54) is 0 Å². The number of aliphatic hydroxyl groups excluding tert-OH is 1. The van der Waals surface area contributed by atoms with E-state index < -0.39 is 16.7 Å². The predicted molar refractivity (Wildman–Crippen MR) is 45.9 cm³/mol. The zero-order chi connectivity index (χ0) is 9.56. The van der Waals surface area contributed by atoms with Gasteiger partial charge in [-0.25, -0.2) is 0 Å². The molecule has 0 aromatic rings. The highest BCUT2D eigenvalue weighted by Gasteiger charge is 1.94. The first-order valence-corrected chi connectivity index (χ1v) is 2.79. The van der Waals surface area contributed by atoms with Crippen molar-refractivity contribution in [3.63, 3.8) is 0 Å². The lowest BCUT2D eigenvalue weighted by molar-refractivity contribution is -0.405. The molecule has 0 radical (unpaired) electrons. The van der Waals surface area contributed by atoms with Gasteiger partial charge in [-0.1, -0.05) is 7.43 Å². The van der Waals surface area contributed by atoms with Crippen LogP contribution < -0.4 is 11.1 Å². The number of aliphatic hydroxyl groups is 1. The summed E-state index contributed by atoms with van der Waals surface area (Å²) in [6, 6.07) is 0. The Bertz CT molecular complexity index is 246. The van der Waals surface area contributed by atoms with Crippen LogP contribution >= 0.6 is 0 Å². The third-order valence-electron chi connectivity index (χ3n) is 0.707. The van der Waals surface area contributed by atoms with E-state index >= 15 is 0 Å². The van der Waals surface area contributed by atoms with Gasteiger partial charge in [0.05, 0.1) is 4.92 Å². The number of nitrogens with two attached hydrogens (primary N) is 1. The average Bonchev–Trinajstić information content (AvgIpc) is 1.84. The highest BCUT2D eigenvalue weighted by Crippen LogP contribution is 1.81. The highest BCUT2D eigenvalue weighted by molar-refractivity contribution is 5.85. The molecule has 7 nitrogen and oxygen atoms in total. The van der Waals surface area contributed by atoms with Crippen LogP contribution in [0.3, 0.4) is 0 Å². The van der Waals surface area contributed by atoms with Crippen LogP contribution in [0, 0.1) is 10.1 Å². The lowest BCUT2D eigenvalue weighted by atomic mass is 10.6. The molecule has 0 aliphatic heterocycles. The van der Waals surface area contributed by atoms with Gasteiger partial charge in [0.25, 0.3) is 12.1 Å². The predicted octanol–water partition coefficient (Wildman–Crippen LogP) is -0.155. The van der Waals surface area contributed by atoms with Gasteiger partial charge in [0, 0.05) is 12.3 Å². The number of nitrogens with one attached hydrogen (secondary N) is 1. The molecule has 0 aromatic carbocycles. The van der Waals surface area contributed by atoms with E-state index in [2.05, 4.69) is 5.73 Å². The Morgan fingerprint density at radius 2 is 2.15 bits per heavy atom. The maximum absolute atomic E-state index is 10.1. The van der Waals surface area contributed by atoms with Crippen LogP contribution in [-0.4, -0.2) is 15.9 Å². The highest BCUT2D eigenvalue weighted by atomic mass is 16.6. The molecule has 0 aliphatic rings. The van der Waals surface area contributed by atoms with Crippen molar-refractivity contribution in [2.45, 2.75) is 7.43 Å². The fourth-order valence-electron chi connectivity index (χ4n) is 0.346. The summed E-state index contributed by atoms with van der Waals surface area (Å²) in [6.45, 7) is 0. The lowest BCUT2D eigenvalue weighted by Gasteiger charge is -1.92. The Labute approximate surface area is 74.7 Å². The number of amides is 1. The molecule has 74 valence electrons. The molecule has 0 heterocycles. The zero-order valence-corrected chi connectivity index (χ0v) is 5.93. The van der Waals surface area contributed by atoms with E-state index in [4.69, 9.17) is 5.11 Å². The van der Waals surface area contributed by atoms with Crippen molar-refractivity contribution in [2.75, 3.05) is 0 Å². The van der Waals surface area contributed by atoms with Gasteiger partial charge in [0.1, 0.15) is 0 Å². The van der Waals surface area contributed by atoms with Crippen molar-refractivity contribution >= 4 is 5.91 Å². The third-order valence-corrected chi connectivity index (χ3v) is 0.707. The second-order valence-corrected chi connectivity index (χ2v) is 1.68. The summed E-state index contributed by atoms with van der Waals surface area (Å²) in [5.41, 5.74) is 4.68. The maximum Gasteiger partial charge on any atom is 0.293 e. The minimum Gasteiger partial charge on any atom is -0.490 e. The summed E-state index contributed by atoms with van der Waals surface area (Å²) in [7, 11) is 0. The first-order valence-electron chi connectivity index (χ1n) is 2.79. The number of nitro groups is 1. The molecular formula is C6H11N3O4. The van der Waals surface area contributed by atoms with E-state index in [-0.39, 0.29) is 7.43 Å². The van der Waals surface area contributed by atoms with Crippen molar-refractivity contribution < 1.29 is 14.8 Å². The van der Waals surface area contributed by atoms with Gasteiger partial charge < -0.3 is 16.2 Å². The molecule has 0 spiro atoms. The quantitative estimate of drug-likeness (QED) is 0.246. The number of carbonyl (C=O) groups excluding carboxylic acids is 1. The molecule has 0 atom stereocenters. The van der Waals surface area contributed by atoms with E-state index in [1.54, 1.807) is 0 Å². The number of hydrogen-bond donors (Lipinski definition) is 3. The smallest absolute Gasteiger partial charge is 0.293 e. The topological polar surface area (TPSA) is 118 Å². The van der Waals surface area contributed by atoms with Crippen molar-refractivity contribution in [3.8, 4) is 0 Å². The van der Waals surface area contributed by atoms with Crippen LogP contribution in [0.4, 0.5) is 0 Å². The maximum atomic E-state index is 10.1. The number of rotatable bonds is 4. The SMILES string of the molecule is C.NC(=O)C=CN/C(O)=C/[N+](=O)[O-]. The molecule has 0 aliphatic carbocycles. The molecule has 0 bridgehead atoms. The van der Waals surface area contributed by atoms with Crippen molar-refractivity contribution in [1.29, 1.82) is 0 Å². The first-order chi connectivity index (χ1) is 5.52. The molecule has 7 heteroatoms. The Balaban J connectivity index is 0. The minimum absolute atomic E-state index is 0. The average molecular weight is 189 g/mol. The molecule has 0 unspecified atom stereocenters.